The van der Waals surface area contributed by atoms with Gasteiger partial charge >= 0.3 is 0 Å². The van der Waals surface area contributed by atoms with E-state index in [0.717, 1.165) is 31.4 Å². The summed E-state index contributed by atoms with van der Waals surface area (Å²) in [5.41, 5.74) is 14.4. The van der Waals surface area contributed by atoms with Crippen LogP contribution < -0.4 is 26.2 Å². The summed E-state index contributed by atoms with van der Waals surface area (Å²) in [4.78, 5) is 18.1. The average Bonchev–Trinajstić information content (AvgIpc) is 3.33. The Morgan fingerprint density at radius 2 is 1.94 bits per heavy atom. The Bertz CT molecular complexity index is 1370. The van der Waals surface area contributed by atoms with Crippen LogP contribution in [0.5, 0.6) is 5.75 Å². The predicted octanol–water partition coefficient (Wildman–Crippen LogP) is 3.86. The molecule has 0 spiro atoms. The number of nitrogen functional groups attached to an aromatic ring is 1. The third-order valence-electron chi connectivity index (χ3n) is 5.43. The van der Waals surface area contributed by atoms with Gasteiger partial charge in [0.2, 0.25) is 0 Å². The Morgan fingerprint density at radius 1 is 1.14 bits per heavy atom. The average molecular weight is 521 g/mol. The Balaban J connectivity index is 1.59. The van der Waals surface area contributed by atoms with Crippen LogP contribution in [-0.2, 0) is 6.42 Å². The van der Waals surface area contributed by atoms with E-state index in [1.807, 2.05) is 60.7 Å². The number of methoxy groups -OCH3 is 1. The van der Waals surface area contributed by atoms with Crippen molar-refractivity contribution in [2.24, 2.45) is 11.5 Å². The maximum atomic E-state index is 12.4. The van der Waals surface area contributed by atoms with Gasteiger partial charge in [-0.15, -0.1) is 11.3 Å². The van der Waals surface area contributed by atoms with Crippen LogP contribution in [0.15, 0.2) is 71.6 Å². The van der Waals surface area contributed by atoms with Crippen LogP contribution in [0.3, 0.4) is 0 Å². The molecule has 1 atom stereocenters. The van der Waals surface area contributed by atoms with Crippen molar-refractivity contribution in [1.29, 1.82) is 5.41 Å². The van der Waals surface area contributed by atoms with Gasteiger partial charge in [0.1, 0.15) is 16.6 Å². The normalized spacial score (nSPS) is 11.8. The van der Waals surface area contributed by atoms with Gasteiger partial charge in [-0.1, -0.05) is 24.3 Å². The third-order valence-corrected chi connectivity index (χ3v) is 7.46. The molecule has 1 amide bonds. The van der Waals surface area contributed by atoms with Crippen molar-refractivity contribution in [3.63, 3.8) is 0 Å². The molecule has 8 nitrogen and oxygen atoms in total. The number of amides is 1. The van der Waals surface area contributed by atoms with Crippen LogP contribution in [-0.4, -0.2) is 36.9 Å². The van der Waals surface area contributed by atoms with E-state index in [-0.39, 0.29) is 17.8 Å². The Morgan fingerprint density at radius 3 is 2.72 bits per heavy atom. The molecule has 3 aromatic carbocycles. The van der Waals surface area contributed by atoms with Crippen molar-refractivity contribution in [1.82, 2.24) is 15.0 Å². The summed E-state index contributed by atoms with van der Waals surface area (Å²) in [5.74, 6) is 0.670. The number of benzene rings is 3. The molecule has 0 aliphatic carbocycles. The quantitative estimate of drug-likeness (QED) is 0.115. The number of fused-ring (bicyclic) bond motifs is 1. The van der Waals surface area contributed by atoms with E-state index >= 15 is 0 Å². The van der Waals surface area contributed by atoms with Gasteiger partial charge in [-0.2, -0.15) is 0 Å². The number of carbonyl (C=O) groups excluding carboxylic acids is 1. The molecule has 10 heteroatoms. The molecule has 4 rings (SSSR count). The molecule has 0 aliphatic heterocycles. The number of aromatic nitrogens is 1. The predicted molar refractivity (Wildman–Crippen MR) is 147 cm³/mol. The minimum absolute atomic E-state index is 0.0348. The standard InChI is InChI=1S/C26H28N6O2S2/c1-34-19-8-9-21-23(15-19)35-26(31-21)22(13-16-4-2-5-17(12-16)24(28)29)32-36-20-7-3-6-18(14-20)25(33)30-11-10-27/h2-9,12,14-15,22,32H,10-11,13,27H2,1H3,(H3,28,29)(H,30,33). The van der Waals surface area contributed by atoms with Crippen molar-refractivity contribution in [3.8, 4) is 5.75 Å². The van der Waals surface area contributed by atoms with E-state index < -0.39 is 0 Å². The van der Waals surface area contributed by atoms with Crippen LogP contribution in [0.1, 0.15) is 32.5 Å². The van der Waals surface area contributed by atoms with E-state index in [1.165, 1.54) is 11.9 Å². The molecule has 1 heterocycles. The van der Waals surface area contributed by atoms with Crippen LogP contribution in [0.25, 0.3) is 10.2 Å². The number of hydrogen-bond donors (Lipinski definition) is 5. The van der Waals surface area contributed by atoms with Crippen LogP contribution in [0.4, 0.5) is 0 Å². The molecule has 0 saturated heterocycles. The molecule has 7 N–H and O–H groups in total. The fourth-order valence-electron chi connectivity index (χ4n) is 3.61. The Kier molecular flexibility index (Phi) is 8.55. The molecule has 0 saturated carbocycles. The SMILES string of the molecule is COc1ccc2nc(C(Cc3cccc(C(=N)N)c3)NSc3cccc(C(=O)NCCN)c3)sc2c1. The number of hydrogen-bond acceptors (Lipinski definition) is 8. The van der Waals surface area contributed by atoms with E-state index in [2.05, 4.69) is 10.0 Å². The second-order valence-electron chi connectivity index (χ2n) is 8.05. The van der Waals surface area contributed by atoms with Gasteiger partial charge in [0, 0.05) is 29.1 Å². The van der Waals surface area contributed by atoms with Gasteiger partial charge < -0.3 is 21.5 Å². The molecule has 0 aliphatic rings. The summed E-state index contributed by atoms with van der Waals surface area (Å²) >= 11 is 3.05. The summed E-state index contributed by atoms with van der Waals surface area (Å²) in [5, 5.41) is 11.5. The van der Waals surface area contributed by atoms with Gasteiger partial charge in [-0.25, -0.2) is 9.71 Å². The van der Waals surface area contributed by atoms with Gasteiger partial charge in [0.25, 0.3) is 5.91 Å². The number of nitrogens with one attached hydrogen (secondary N) is 3. The Hall–Kier alpha value is -3.44. The maximum absolute atomic E-state index is 12.4. The maximum Gasteiger partial charge on any atom is 0.251 e. The Labute approximate surface area is 218 Å². The first kappa shape index (κ1) is 25.6. The zero-order valence-corrected chi connectivity index (χ0v) is 21.4. The highest BCUT2D eigenvalue weighted by Crippen LogP contribution is 2.33. The molecule has 0 bridgehead atoms. The van der Waals surface area contributed by atoms with Crippen molar-refractivity contribution >= 4 is 45.2 Å². The molecule has 186 valence electrons. The van der Waals surface area contributed by atoms with E-state index in [0.29, 0.717) is 30.6 Å². The molecule has 36 heavy (non-hydrogen) atoms. The molecule has 0 radical (unpaired) electrons. The second kappa shape index (κ2) is 12.0. The number of thiazole rings is 1. The first-order valence-electron chi connectivity index (χ1n) is 11.4. The van der Waals surface area contributed by atoms with Gasteiger partial charge in [0.15, 0.2) is 0 Å². The molecule has 1 unspecified atom stereocenters. The number of nitrogens with zero attached hydrogens (tertiary/aromatic N) is 1. The first-order chi connectivity index (χ1) is 17.5. The van der Waals surface area contributed by atoms with Crippen LogP contribution in [0.2, 0.25) is 0 Å². The fraction of sp³-hybridized carbons (Fsp3) is 0.192. The van der Waals surface area contributed by atoms with Crippen molar-refractivity contribution in [2.75, 3.05) is 20.2 Å². The minimum atomic E-state index is -0.152. The highest BCUT2D eigenvalue weighted by Gasteiger charge is 2.19. The smallest absolute Gasteiger partial charge is 0.251 e. The third kappa shape index (κ3) is 6.41. The highest BCUT2D eigenvalue weighted by atomic mass is 32.2. The largest absolute Gasteiger partial charge is 0.497 e. The fourth-order valence-corrected chi connectivity index (χ4v) is 5.54. The zero-order chi connectivity index (χ0) is 25.5. The van der Waals surface area contributed by atoms with Crippen LogP contribution in [0, 0.1) is 5.41 Å². The number of ether oxygens (including phenoxy) is 1. The van der Waals surface area contributed by atoms with E-state index in [1.54, 1.807) is 24.5 Å². The van der Waals surface area contributed by atoms with Crippen LogP contribution >= 0.6 is 23.3 Å². The summed E-state index contributed by atoms with van der Waals surface area (Å²) in [6.45, 7) is 0.820. The molecule has 1 aromatic heterocycles. The summed E-state index contributed by atoms with van der Waals surface area (Å²) < 4.78 is 9.96. The molecular formula is C26H28N6O2S2. The number of nitrogens with two attached hydrogens (primary N) is 2. The summed E-state index contributed by atoms with van der Waals surface area (Å²) in [6, 6.07) is 20.8. The first-order valence-corrected chi connectivity index (χ1v) is 13.0. The highest BCUT2D eigenvalue weighted by molar-refractivity contribution is 7.97. The summed E-state index contributed by atoms with van der Waals surface area (Å²) in [7, 11) is 1.65. The lowest BCUT2D eigenvalue weighted by Crippen LogP contribution is -2.28. The zero-order valence-electron chi connectivity index (χ0n) is 19.8. The van der Waals surface area contributed by atoms with Crippen molar-refractivity contribution in [2.45, 2.75) is 17.4 Å². The topological polar surface area (TPSA) is 139 Å². The minimum Gasteiger partial charge on any atom is -0.497 e. The molecular weight excluding hydrogens is 492 g/mol. The van der Waals surface area contributed by atoms with Crippen molar-refractivity contribution < 1.29 is 9.53 Å². The molecule has 4 aromatic rings. The molecule has 0 fully saturated rings. The van der Waals surface area contributed by atoms with E-state index in [9.17, 15) is 4.79 Å². The van der Waals surface area contributed by atoms with Crippen molar-refractivity contribution in [3.05, 3.63) is 88.4 Å². The number of carbonyl (C=O) groups is 1. The number of amidine groups is 1. The van der Waals surface area contributed by atoms with E-state index in [4.69, 9.17) is 26.6 Å². The van der Waals surface area contributed by atoms with Gasteiger partial charge in [-0.3, -0.25) is 10.2 Å². The monoisotopic (exact) mass is 520 g/mol. The number of rotatable bonds is 11. The summed E-state index contributed by atoms with van der Waals surface area (Å²) in [6.07, 6.45) is 0.641. The van der Waals surface area contributed by atoms with Gasteiger partial charge in [0.05, 0.1) is 23.4 Å². The lowest BCUT2D eigenvalue weighted by molar-refractivity contribution is 0.0954. The lowest BCUT2D eigenvalue weighted by Gasteiger charge is -2.17. The second-order valence-corrected chi connectivity index (χ2v) is 10.0. The van der Waals surface area contributed by atoms with Gasteiger partial charge in [-0.05, 0) is 66.4 Å². The lowest BCUT2D eigenvalue weighted by atomic mass is 10.0.